The van der Waals surface area contributed by atoms with Crippen molar-refractivity contribution < 1.29 is 9.53 Å². The second-order valence-corrected chi connectivity index (χ2v) is 11.7. The van der Waals surface area contributed by atoms with Crippen LogP contribution in [0.4, 0.5) is 0 Å². The molecule has 0 atom stereocenters. The van der Waals surface area contributed by atoms with Crippen LogP contribution >= 0.6 is 0 Å². The third-order valence-electron chi connectivity index (χ3n) is 4.31. The van der Waals surface area contributed by atoms with E-state index in [1.807, 2.05) is 12.1 Å². The number of hydrogen-bond acceptors (Lipinski definition) is 3. The van der Waals surface area contributed by atoms with Gasteiger partial charge in [-0.2, -0.15) is 0 Å². The van der Waals surface area contributed by atoms with Crippen LogP contribution in [0.5, 0.6) is 11.5 Å². The number of fused-ring (bicyclic) bond motifs is 1. The lowest BCUT2D eigenvalue weighted by Crippen LogP contribution is -2.43. The van der Waals surface area contributed by atoms with Crippen LogP contribution < -0.4 is 9.99 Å². The summed E-state index contributed by atoms with van der Waals surface area (Å²) >= 11 is 0. The molecule has 0 saturated heterocycles. The van der Waals surface area contributed by atoms with E-state index >= 15 is 0 Å². The Bertz CT molecular complexity index is 741. The van der Waals surface area contributed by atoms with E-state index in [2.05, 4.69) is 33.9 Å². The van der Waals surface area contributed by atoms with Crippen LogP contribution in [0.15, 0.2) is 29.2 Å². The van der Waals surface area contributed by atoms with Gasteiger partial charge >= 0.3 is 0 Å². The maximum atomic E-state index is 12.1. The maximum absolute atomic E-state index is 12.1. The Kier molecular flexibility index (Phi) is 3.66. The summed E-state index contributed by atoms with van der Waals surface area (Å²) in [6, 6.07) is 5.19. The fourth-order valence-corrected chi connectivity index (χ4v) is 2.94. The zero-order chi connectivity index (χ0) is 16.0. The van der Waals surface area contributed by atoms with Gasteiger partial charge in [0.1, 0.15) is 11.5 Å². The van der Waals surface area contributed by atoms with Crippen molar-refractivity contribution >= 4 is 19.1 Å². The van der Waals surface area contributed by atoms with Gasteiger partial charge in [-0.15, -0.1) is 0 Å². The van der Waals surface area contributed by atoms with Crippen LogP contribution in [0.3, 0.4) is 0 Å². The van der Waals surface area contributed by atoms with Crippen LogP contribution in [0.25, 0.3) is 10.8 Å². The van der Waals surface area contributed by atoms with Crippen molar-refractivity contribution in [1.29, 1.82) is 0 Å². The lowest BCUT2D eigenvalue weighted by atomic mass is 10.1. The molecule has 0 spiro atoms. The molecule has 0 fully saturated rings. The predicted molar refractivity (Wildman–Crippen MR) is 88.7 cm³/mol. The number of nitrogens with zero attached hydrogens (tertiary/aromatic N) is 1. The predicted octanol–water partition coefficient (Wildman–Crippen LogP) is 3.63. The molecule has 114 valence electrons. The molecule has 0 radical (unpaired) electrons. The van der Waals surface area contributed by atoms with Gasteiger partial charge in [-0.1, -0.05) is 20.8 Å². The van der Waals surface area contributed by atoms with E-state index in [0.717, 1.165) is 0 Å². The summed E-state index contributed by atoms with van der Waals surface area (Å²) in [7, 11) is -0.307. The zero-order valence-electron chi connectivity index (χ0n) is 13.5. The highest BCUT2D eigenvalue weighted by Crippen LogP contribution is 2.38. The van der Waals surface area contributed by atoms with Gasteiger partial charge in [-0.3, -0.25) is 4.79 Å². The summed E-state index contributed by atoms with van der Waals surface area (Å²) in [5.41, 5.74) is -0.205. The van der Waals surface area contributed by atoms with Crippen molar-refractivity contribution in [3.8, 4) is 11.5 Å². The first-order chi connectivity index (χ1) is 9.53. The van der Waals surface area contributed by atoms with Crippen molar-refractivity contribution in [3.63, 3.8) is 0 Å². The number of aryl methyl sites for hydroxylation is 1. The van der Waals surface area contributed by atoms with Gasteiger partial charge in [0.15, 0.2) is 0 Å². The van der Waals surface area contributed by atoms with E-state index in [1.54, 1.807) is 19.3 Å². The third kappa shape index (κ3) is 2.83. The monoisotopic (exact) mass is 305 g/mol. The lowest BCUT2D eigenvalue weighted by molar-refractivity contribution is 0.466. The number of phenolic OH excluding ortho intramolecular Hbond substituents is 1. The van der Waals surface area contributed by atoms with Crippen molar-refractivity contribution in [2.45, 2.75) is 38.9 Å². The number of aromatic hydroxyl groups is 1. The Hall–Kier alpha value is -1.75. The molecular weight excluding hydrogens is 282 g/mol. The van der Waals surface area contributed by atoms with Gasteiger partial charge in [0.2, 0.25) is 8.32 Å². The molecule has 21 heavy (non-hydrogen) atoms. The average molecular weight is 305 g/mol. The van der Waals surface area contributed by atoms with E-state index < -0.39 is 8.32 Å². The number of aromatic nitrogens is 1. The summed E-state index contributed by atoms with van der Waals surface area (Å²) in [6.45, 7) is 10.8. The van der Waals surface area contributed by atoms with Crippen LogP contribution in [-0.4, -0.2) is 18.0 Å². The molecule has 0 aliphatic heterocycles. The van der Waals surface area contributed by atoms with Gasteiger partial charge in [-0.25, -0.2) is 0 Å². The third-order valence-corrected chi connectivity index (χ3v) is 8.67. The van der Waals surface area contributed by atoms with Gasteiger partial charge in [-0.05, 0) is 35.7 Å². The SMILES string of the molecule is Cn1ccc2cc(O[Si](C)(C)C(C)(C)C)cc(O)c2c1=O. The molecule has 0 aliphatic rings. The molecule has 5 heteroatoms. The number of pyridine rings is 1. The Balaban J connectivity index is 2.55. The Labute approximate surface area is 126 Å². The normalized spacial score (nSPS) is 12.7. The van der Waals surface area contributed by atoms with Gasteiger partial charge in [0.25, 0.3) is 5.56 Å². The second kappa shape index (κ2) is 4.91. The quantitative estimate of drug-likeness (QED) is 0.862. The first-order valence-corrected chi connectivity index (χ1v) is 9.95. The topological polar surface area (TPSA) is 51.5 Å². The van der Waals surface area contributed by atoms with E-state index in [9.17, 15) is 9.90 Å². The first kappa shape index (κ1) is 15.6. The molecule has 4 nitrogen and oxygen atoms in total. The molecule has 2 aromatic rings. The number of hydrogen-bond donors (Lipinski definition) is 1. The lowest BCUT2D eigenvalue weighted by Gasteiger charge is -2.36. The summed E-state index contributed by atoms with van der Waals surface area (Å²) in [5, 5.41) is 11.3. The number of phenols is 1. The fourth-order valence-electron chi connectivity index (χ4n) is 1.93. The molecule has 0 aliphatic carbocycles. The highest BCUT2D eigenvalue weighted by Gasteiger charge is 2.39. The van der Waals surface area contributed by atoms with Crippen molar-refractivity contribution in [1.82, 2.24) is 4.57 Å². The molecule has 1 heterocycles. The molecule has 0 unspecified atom stereocenters. The maximum Gasteiger partial charge on any atom is 0.261 e. The van der Waals surface area contributed by atoms with Gasteiger partial charge < -0.3 is 14.1 Å². The van der Waals surface area contributed by atoms with Gasteiger partial charge in [0, 0.05) is 19.3 Å². The molecule has 0 saturated carbocycles. The average Bonchev–Trinajstić information content (AvgIpc) is 2.31. The van der Waals surface area contributed by atoms with Crippen molar-refractivity contribution in [2.24, 2.45) is 7.05 Å². The standard InChI is InChI=1S/C16H23NO3Si/c1-16(2,3)21(5,6)20-12-9-11-7-8-17(4)15(19)14(11)13(18)10-12/h7-10,18H,1-6H3. The highest BCUT2D eigenvalue weighted by molar-refractivity contribution is 6.74. The minimum absolute atomic E-state index is 0.0255. The van der Waals surface area contributed by atoms with E-state index in [4.69, 9.17) is 4.43 Å². The van der Waals surface area contributed by atoms with Crippen molar-refractivity contribution in [3.05, 3.63) is 34.7 Å². The Morgan fingerprint density at radius 2 is 1.86 bits per heavy atom. The largest absolute Gasteiger partial charge is 0.543 e. The van der Waals surface area contributed by atoms with E-state index in [1.165, 1.54) is 4.57 Å². The van der Waals surface area contributed by atoms with Gasteiger partial charge in [0.05, 0.1) is 5.39 Å². The molecule has 0 bridgehead atoms. The van der Waals surface area contributed by atoms with E-state index in [0.29, 0.717) is 16.5 Å². The summed E-state index contributed by atoms with van der Waals surface area (Å²) in [5.74, 6) is 0.599. The summed E-state index contributed by atoms with van der Waals surface area (Å²) in [4.78, 5) is 12.1. The van der Waals surface area contributed by atoms with Crippen LogP contribution in [-0.2, 0) is 7.05 Å². The molecule has 1 aromatic carbocycles. The first-order valence-electron chi connectivity index (χ1n) is 7.04. The molecule has 1 N–H and O–H groups in total. The van der Waals surface area contributed by atoms with Crippen LogP contribution in [0, 0.1) is 0 Å². The van der Waals surface area contributed by atoms with Crippen LogP contribution in [0.2, 0.25) is 18.1 Å². The molecule has 1 aromatic heterocycles. The minimum atomic E-state index is -1.97. The second-order valence-electron chi connectivity index (χ2n) is 7.00. The summed E-state index contributed by atoms with van der Waals surface area (Å²) < 4.78 is 7.65. The molecule has 2 rings (SSSR count). The summed E-state index contributed by atoms with van der Waals surface area (Å²) in [6.07, 6.45) is 1.69. The number of benzene rings is 1. The van der Waals surface area contributed by atoms with E-state index in [-0.39, 0.29) is 16.3 Å². The highest BCUT2D eigenvalue weighted by atomic mass is 28.4. The fraction of sp³-hybridized carbons (Fsp3) is 0.438. The smallest absolute Gasteiger partial charge is 0.261 e. The van der Waals surface area contributed by atoms with Crippen molar-refractivity contribution in [2.75, 3.05) is 0 Å². The Morgan fingerprint density at radius 1 is 1.24 bits per heavy atom. The van der Waals surface area contributed by atoms with Crippen LogP contribution in [0.1, 0.15) is 20.8 Å². The number of rotatable bonds is 2. The minimum Gasteiger partial charge on any atom is -0.543 e. The Morgan fingerprint density at radius 3 is 2.43 bits per heavy atom. The zero-order valence-corrected chi connectivity index (χ0v) is 14.5. The molecule has 0 amide bonds. The molecular formula is C16H23NO3Si.